The van der Waals surface area contributed by atoms with Crippen molar-refractivity contribution < 1.29 is 4.39 Å². The molecule has 3 heterocycles. The van der Waals surface area contributed by atoms with E-state index in [-0.39, 0.29) is 5.82 Å². The third kappa shape index (κ3) is 1.78. The number of nitrogens with one attached hydrogen (secondary N) is 1. The number of aromatic nitrogens is 3. The molecule has 0 radical (unpaired) electrons. The third-order valence-electron chi connectivity index (χ3n) is 4.01. The zero-order chi connectivity index (χ0) is 13.5. The lowest BCUT2D eigenvalue weighted by Gasteiger charge is -2.23. The zero-order valence-electron chi connectivity index (χ0n) is 11.0. The van der Waals surface area contributed by atoms with E-state index in [1.54, 1.807) is 6.07 Å². The molecule has 1 aromatic carbocycles. The molecule has 5 heteroatoms. The van der Waals surface area contributed by atoms with E-state index in [0.29, 0.717) is 11.4 Å². The predicted molar refractivity (Wildman–Crippen MR) is 75.3 cm³/mol. The molecule has 1 unspecified atom stereocenters. The molecule has 0 aliphatic carbocycles. The van der Waals surface area contributed by atoms with Gasteiger partial charge in [0.1, 0.15) is 5.82 Å². The first kappa shape index (κ1) is 11.8. The molecule has 4 rings (SSSR count). The van der Waals surface area contributed by atoms with Crippen LogP contribution < -0.4 is 5.32 Å². The molecule has 1 aliphatic rings. The summed E-state index contributed by atoms with van der Waals surface area (Å²) in [7, 11) is 0. The van der Waals surface area contributed by atoms with Crippen molar-refractivity contribution in [1.29, 1.82) is 0 Å². The zero-order valence-corrected chi connectivity index (χ0v) is 11.0. The number of nitrogens with zero attached hydrogens (tertiary/aromatic N) is 3. The maximum Gasteiger partial charge on any atom is 0.163 e. The van der Waals surface area contributed by atoms with Gasteiger partial charge in [-0.25, -0.2) is 13.9 Å². The van der Waals surface area contributed by atoms with Crippen molar-refractivity contribution in [3.63, 3.8) is 0 Å². The summed E-state index contributed by atoms with van der Waals surface area (Å²) < 4.78 is 15.2. The van der Waals surface area contributed by atoms with Gasteiger partial charge >= 0.3 is 0 Å². The fourth-order valence-electron chi connectivity index (χ4n) is 3.02. The van der Waals surface area contributed by atoms with Crippen LogP contribution in [0.1, 0.15) is 24.5 Å². The SMILES string of the molecule is Fc1ccc2c(c1)nn1c(C3CCCNC3)ccnc21. The van der Waals surface area contributed by atoms with Crippen molar-refractivity contribution in [2.24, 2.45) is 0 Å². The van der Waals surface area contributed by atoms with E-state index in [1.165, 1.54) is 18.6 Å². The number of rotatable bonds is 1. The van der Waals surface area contributed by atoms with Gasteiger partial charge in [-0.2, -0.15) is 5.10 Å². The lowest BCUT2D eigenvalue weighted by atomic mass is 9.96. The monoisotopic (exact) mass is 270 g/mol. The Hall–Kier alpha value is -2.01. The number of benzene rings is 1. The first-order valence-electron chi connectivity index (χ1n) is 6.96. The fraction of sp³-hybridized carbons (Fsp3) is 0.333. The molecular formula is C15H15FN4. The Labute approximate surface area is 115 Å². The van der Waals surface area contributed by atoms with Crippen molar-refractivity contribution >= 4 is 16.6 Å². The summed E-state index contributed by atoms with van der Waals surface area (Å²) in [5.74, 6) is 0.176. The predicted octanol–water partition coefficient (Wildman–Crippen LogP) is 2.49. The van der Waals surface area contributed by atoms with E-state index in [1.807, 2.05) is 16.8 Å². The van der Waals surface area contributed by atoms with E-state index < -0.39 is 0 Å². The van der Waals surface area contributed by atoms with Crippen LogP contribution in [0.4, 0.5) is 4.39 Å². The molecule has 1 N–H and O–H groups in total. The van der Waals surface area contributed by atoms with Gasteiger partial charge in [0, 0.05) is 30.1 Å². The molecule has 102 valence electrons. The number of hydrogen-bond donors (Lipinski definition) is 1. The molecule has 0 spiro atoms. The van der Waals surface area contributed by atoms with E-state index in [4.69, 9.17) is 0 Å². The Morgan fingerprint density at radius 3 is 3.10 bits per heavy atom. The Bertz CT molecular complexity index is 774. The molecule has 4 nitrogen and oxygen atoms in total. The highest BCUT2D eigenvalue weighted by Crippen LogP contribution is 2.26. The van der Waals surface area contributed by atoms with Gasteiger partial charge in [-0.3, -0.25) is 0 Å². The van der Waals surface area contributed by atoms with Gasteiger partial charge in [0.2, 0.25) is 0 Å². The van der Waals surface area contributed by atoms with E-state index in [9.17, 15) is 4.39 Å². The minimum Gasteiger partial charge on any atom is -0.316 e. The molecule has 20 heavy (non-hydrogen) atoms. The van der Waals surface area contributed by atoms with Crippen LogP contribution in [0.3, 0.4) is 0 Å². The van der Waals surface area contributed by atoms with Crippen LogP contribution in [0.15, 0.2) is 30.5 Å². The molecular weight excluding hydrogens is 255 g/mol. The van der Waals surface area contributed by atoms with E-state index in [0.717, 1.165) is 36.2 Å². The van der Waals surface area contributed by atoms with Crippen molar-refractivity contribution in [1.82, 2.24) is 19.9 Å². The first-order valence-corrected chi connectivity index (χ1v) is 6.96. The van der Waals surface area contributed by atoms with Crippen LogP contribution in [0.5, 0.6) is 0 Å². The van der Waals surface area contributed by atoms with Gasteiger partial charge in [-0.1, -0.05) is 0 Å². The number of halogens is 1. The van der Waals surface area contributed by atoms with E-state index >= 15 is 0 Å². The Balaban J connectivity index is 1.95. The average Bonchev–Trinajstić information content (AvgIpc) is 2.85. The van der Waals surface area contributed by atoms with Gasteiger partial charge in [0.05, 0.1) is 11.2 Å². The quantitative estimate of drug-likeness (QED) is 0.738. The molecule has 0 amide bonds. The van der Waals surface area contributed by atoms with Gasteiger partial charge in [0.25, 0.3) is 0 Å². The van der Waals surface area contributed by atoms with E-state index in [2.05, 4.69) is 15.4 Å². The summed E-state index contributed by atoms with van der Waals surface area (Å²) >= 11 is 0. The molecule has 0 saturated carbocycles. The summed E-state index contributed by atoms with van der Waals surface area (Å²) in [5.41, 5.74) is 2.62. The average molecular weight is 270 g/mol. The summed E-state index contributed by atoms with van der Waals surface area (Å²) in [6.45, 7) is 2.04. The summed E-state index contributed by atoms with van der Waals surface area (Å²) in [5, 5.41) is 8.86. The number of hydrogen-bond acceptors (Lipinski definition) is 3. The normalized spacial score (nSPS) is 19.8. The second-order valence-electron chi connectivity index (χ2n) is 5.31. The first-order chi connectivity index (χ1) is 9.83. The maximum absolute atomic E-state index is 13.3. The van der Waals surface area contributed by atoms with Crippen LogP contribution in [0.2, 0.25) is 0 Å². The second-order valence-corrected chi connectivity index (χ2v) is 5.31. The standard InChI is InChI=1S/C15H15FN4/c16-11-3-4-12-13(8-11)19-20-14(5-7-18-15(12)20)10-2-1-6-17-9-10/h3-5,7-8,10,17H,1-2,6,9H2. The molecule has 3 aromatic rings. The minimum absolute atomic E-state index is 0.262. The third-order valence-corrected chi connectivity index (χ3v) is 4.01. The molecule has 1 atom stereocenters. The fourth-order valence-corrected chi connectivity index (χ4v) is 3.02. The van der Waals surface area contributed by atoms with Crippen LogP contribution in [-0.4, -0.2) is 27.7 Å². The highest BCUT2D eigenvalue weighted by Gasteiger charge is 2.19. The second kappa shape index (κ2) is 4.52. The molecule has 1 aliphatic heterocycles. The van der Waals surface area contributed by atoms with Crippen LogP contribution in [-0.2, 0) is 0 Å². The smallest absolute Gasteiger partial charge is 0.163 e. The lowest BCUT2D eigenvalue weighted by Crippen LogP contribution is -2.29. The molecule has 0 bridgehead atoms. The van der Waals surface area contributed by atoms with Crippen LogP contribution in [0, 0.1) is 5.82 Å². The highest BCUT2D eigenvalue weighted by atomic mass is 19.1. The topological polar surface area (TPSA) is 42.2 Å². The Morgan fingerprint density at radius 1 is 1.30 bits per heavy atom. The van der Waals surface area contributed by atoms with Crippen molar-refractivity contribution in [3.8, 4) is 0 Å². The number of piperidine rings is 1. The Morgan fingerprint density at radius 2 is 2.25 bits per heavy atom. The summed E-state index contributed by atoms with van der Waals surface area (Å²) in [6.07, 6.45) is 4.14. The van der Waals surface area contributed by atoms with Crippen molar-refractivity contribution in [3.05, 3.63) is 42.0 Å². The maximum atomic E-state index is 13.3. The largest absolute Gasteiger partial charge is 0.316 e. The Kier molecular flexibility index (Phi) is 2.67. The molecule has 2 aromatic heterocycles. The highest BCUT2D eigenvalue weighted by molar-refractivity contribution is 5.92. The van der Waals surface area contributed by atoms with Gasteiger partial charge in [-0.15, -0.1) is 0 Å². The molecule has 1 saturated heterocycles. The number of fused-ring (bicyclic) bond motifs is 3. The van der Waals surface area contributed by atoms with Crippen molar-refractivity contribution in [2.75, 3.05) is 13.1 Å². The summed E-state index contributed by atoms with van der Waals surface area (Å²) in [6, 6.07) is 6.70. The van der Waals surface area contributed by atoms with Crippen molar-refractivity contribution in [2.45, 2.75) is 18.8 Å². The van der Waals surface area contributed by atoms with Crippen LogP contribution >= 0.6 is 0 Å². The van der Waals surface area contributed by atoms with Crippen LogP contribution in [0.25, 0.3) is 16.6 Å². The summed E-state index contributed by atoms with van der Waals surface area (Å²) in [4.78, 5) is 4.41. The van der Waals surface area contributed by atoms with Gasteiger partial charge in [-0.05, 0) is 37.6 Å². The molecule has 1 fully saturated rings. The minimum atomic E-state index is -0.262. The lowest BCUT2D eigenvalue weighted by molar-refractivity contribution is 0.448. The van der Waals surface area contributed by atoms with Gasteiger partial charge in [0.15, 0.2) is 5.65 Å². The van der Waals surface area contributed by atoms with Gasteiger partial charge < -0.3 is 5.32 Å².